The molecule has 0 spiro atoms. The van der Waals surface area contributed by atoms with E-state index >= 15 is 0 Å². The molecule has 1 atom stereocenters. The minimum atomic E-state index is -2.53. The normalized spacial score (nSPS) is 13.3. The lowest BCUT2D eigenvalue weighted by molar-refractivity contribution is 0.0411. The maximum absolute atomic E-state index is 9.71. The van der Waals surface area contributed by atoms with Gasteiger partial charge in [-0.05, 0) is 11.6 Å². The summed E-state index contributed by atoms with van der Waals surface area (Å²) in [5, 5.41) is 25.6. The van der Waals surface area contributed by atoms with Crippen molar-refractivity contribution in [2.75, 3.05) is 46.4 Å². The lowest BCUT2D eigenvalue weighted by atomic mass is 10.4. The number of rotatable bonds is 12. The van der Waals surface area contributed by atoms with Crippen LogP contribution in [0.5, 0.6) is 0 Å². The van der Waals surface area contributed by atoms with Crippen molar-refractivity contribution in [2.45, 2.75) is 18.6 Å². The first-order chi connectivity index (χ1) is 10.2. The molecule has 0 saturated heterocycles. The lowest BCUT2D eigenvalue weighted by Gasteiger charge is -2.24. The molecule has 1 unspecified atom stereocenters. The Morgan fingerprint density at radius 3 is 2.57 bits per heavy atom. The van der Waals surface area contributed by atoms with Crippen molar-refractivity contribution in [3.63, 3.8) is 0 Å². The Bertz CT molecular complexity index is 356. The minimum absolute atomic E-state index is 0.215. The van der Waals surface area contributed by atoms with Crippen molar-refractivity contribution in [3.8, 4) is 0 Å². The number of aliphatic hydroxyl groups is 1. The zero-order valence-corrected chi connectivity index (χ0v) is 13.5. The molecule has 122 valence electrons. The molecule has 1 rings (SSSR count). The average Bonchev–Trinajstić information content (AvgIpc) is 3.03. The van der Waals surface area contributed by atoms with E-state index in [0.717, 1.165) is 6.42 Å². The predicted molar refractivity (Wildman–Crippen MR) is 75.7 cm³/mol. The number of hydrogen-bond acceptors (Lipinski definition) is 9. The second-order valence-electron chi connectivity index (χ2n) is 4.24. The second kappa shape index (κ2) is 9.76. The molecule has 3 N–H and O–H groups in total. The Morgan fingerprint density at radius 1 is 1.29 bits per heavy atom. The van der Waals surface area contributed by atoms with Gasteiger partial charge in [-0.3, -0.25) is 0 Å². The van der Waals surface area contributed by atoms with Gasteiger partial charge in [-0.15, -0.1) is 5.10 Å². The second-order valence-corrected chi connectivity index (χ2v) is 7.33. The van der Waals surface area contributed by atoms with Crippen molar-refractivity contribution < 1.29 is 23.1 Å². The fourth-order valence-electron chi connectivity index (χ4n) is 1.67. The summed E-state index contributed by atoms with van der Waals surface area (Å²) in [5.41, 5.74) is 0. The van der Waals surface area contributed by atoms with Crippen LogP contribution in [0, 0.1) is 0 Å². The number of nitrogens with zero attached hydrogens (tertiary/aromatic N) is 3. The molecular weight excluding hydrogens is 298 g/mol. The number of tetrazole rings is 1. The van der Waals surface area contributed by atoms with Crippen LogP contribution in [0.3, 0.4) is 0 Å². The zero-order valence-electron chi connectivity index (χ0n) is 12.5. The molecule has 0 aliphatic rings. The monoisotopic (exact) mass is 321 g/mol. The highest BCUT2D eigenvalue weighted by Crippen LogP contribution is 2.14. The van der Waals surface area contributed by atoms with Gasteiger partial charge >= 0.3 is 8.80 Å². The molecule has 0 aliphatic carbocycles. The molecule has 0 fully saturated rings. The highest BCUT2D eigenvalue weighted by Gasteiger charge is 2.36. The summed E-state index contributed by atoms with van der Waals surface area (Å²) in [6.45, 7) is 0.989. The predicted octanol–water partition coefficient (Wildman–Crippen LogP) is -0.743. The van der Waals surface area contributed by atoms with E-state index in [1.165, 1.54) is 0 Å². The van der Waals surface area contributed by atoms with Crippen molar-refractivity contribution >= 4 is 14.8 Å². The molecule has 21 heavy (non-hydrogen) atoms. The SMILES string of the molecule is CO[Si](CCCOCC(O)CNc1nn[nH]n1)(OC)OC. The highest BCUT2D eigenvalue weighted by atomic mass is 28.4. The molecule has 1 aromatic rings. The van der Waals surface area contributed by atoms with Gasteiger partial charge in [0.2, 0.25) is 0 Å². The number of anilines is 1. The molecule has 11 heteroatoms. The van der Waals surface area contributed by atoms with Crippen molar-refractivity contribution in [3.05, 3.63) is 0 Å². The first kappa shape index (κ1) is 17.9. The molecule has 0 saturated carbocycles. The molecule has 1 heterocycles. The van der Waals surface area contributed by atoms with Gasteiger partial charge in [-0.2, -0.15) is 5.21 Å². The molecule has 0 bridgehead atoms. The Hall–Kier alpha value is -1.11. The summed E-state index contributed by atoms with van der Waals surface area (Å²) in [6.07, 6.45) is 0.0741. The van der Waals surface area contributed by atoms with Crippen LogP contribution in [-0.2, 0) is 18.0 Å². The van der Waals surface area contributed by atoms with Gasteiger partial charge in [-0.1, -0.05) is 5.10 Å². The van der Waals surface area contributed by atoms with E-state index in [-0.39, 0.29) is 13.2 Å². The standard InChI is InChI=1S/C10H23N5O5Si/c1-17-21(18-2,19-3)6-4-5-20-8-9(16)7-11-10-12-14-15-13-10/h9,16H,4-8H2,1-3H3,(H2,11,12,13,14,15). The Labute approximate surface area is 124 Å². The van der Waals surface area contributed by atoms with Crippen molar-refractivity contribution in [2.24, 2.45) is 0 Å². The summed E-state index contributed by atoms with van der Waals surface area (Å²) >= 11 is 0. The number of hydrogen-bond donors (Lipinski definition) is 3. The van der Waals surface area contributed by atoms with Gasteiger partial charge in [0.1, 0.15) is 0 Å². The molecule has 0 radical (unpaired) electrons. The highest BCUT2D eigenvalue weighted by molar-refractivity contribution is 6.60. The summed E-state index contributed by atoms with van der Waals surface area (Å²) in [4.78, 5) is 0. The summed E-state index contributed by atoms with van der Waals surface area (Å²) < 4.78 is 21.3. The fourth-order valence-corrected chi connectivity index (χ4v) is 3.36. The topological polar surface area (TPSA) is 124 Å². The fraction of sp³-hybridized carbons (Fsp3) is 0.900. The van der Waals surface area contributed by atoms with Gasteiger partial charge in [0, 0.05) is 40.5 Å². The van der Waals surface area contributed by atoms with Crippen LogP contribution in [0.2, 0.25) is 6.04 Å². The Kier molecular flexibility index (Phi) is 8.33. The molecule has 0 amide bonds. The van der Waals surface area contributed by atoms with E-state index in [1.807, 2.05) is 0 Å². The number of H-pyrrole nitrogens is 1. The number of nitrogens with one attached hydrogen (secondary N) is 2. The van der Waals surface area contributed by atoms with E-state index in [0.29, 0.717) is 18.6 Å². The molecule has 10 nitrogen and oxygen atoms in total. The Balaban J connectivity index is 2.07. The van der Waals surface area contributed by atoms with E-state index in [2.05, 4.69) is 25.9 Å². The number of aromatic nitrogens is 4. The summed E-state index contributed by atoms with van der Waals surface area (Å²) in [6, 6.07) is 0.660. The van der Waals surface area contributed by atoms with E-state index < -0.39 is 14.9 Å². The largest absolute Gasteiger partial charge is 0.500 e. The lowest BCUT2D eigenvalue weighted by Crippen LogP contribution is -2.42. The van der Waals surface area contributed by atoms with Crippen molar-refractivity contribution in [1.82, 2.24) is 20.6 Å². The van der Waals surface area contributed by atoms with E-state index in [4.69, 9.17) is 18.0 Å². The van der Waals surface area contributed by atoms with Crippen LogP contribution >= 0.6 is 0 Å². The van der Waals surface area contributed by atoms with Crippen LogP contribution in [0.1, 0.15) is 6.42 Å². The van der Waals surface area contributed by atoms with Gasteiger partial charge in [0.25, 0.3) is 5.95 Å². The maximum Gasteiger partial charge on any atom is 0.500 e. The molecule has 0 aromatic carbocycles. The van der Waals surface area contributed by atoms with Crippen LogP contribution in [-0.4, -0.2) is 81.7 Å². The first-order valence-corrected chi connectivity index (χ1v) is 8.47. The molecule has 0 aliphatic heterocycles. The summed E-state index contributed by atoms with van der Waals surface area (Å²) in [7, 11) is 2.20. The average molecular weight is 321 g/mol. The smallest absolute Gasteiger partial charge is 0.389 e. The zero-order chi connectivity index (χ0) is 15.6. The third-order valence-electron chi connectivity index (χ3n) is 2.86. The quantitative estimate of drug-likeness (QED) is 0.337. The maximum atomic E-state index is 9.71. The van der Waals surface area contributed by atoms with Gasteiger partial charge < -0.3 is 28.4 Å². The van der Waals surface area contributed by atoms with Crippen LogP contribution < -0.4 is 5.32 Å². The van der Waals surface area contributed by atoms with Crippen LogP contribution in [0.15, 0.2) is 0 Å². The van der Waals surface area contributed by atoms with Crippen molar-refractivity contribution in [1.29, 1.82) is 0 Å². The Morgan fingerprint density at radius 2 is 2.00 bits per heavy atom. The van der Waals surface area contributed by atoms with E-state index in [1.54, 1.807) is 21.3 Å². The first-order valence-electron chi connectivity index (χ1n) is 6.54. The number of aliphatic hydroxyl groups excluding tert-OH is 1. The van der Waals surface area contributed by atoms with Gasteiger partial charge in [0.15, 0.2) is 0 Å². The third-order valence-corrected chi connectivity index (χ3v) is 5.69. The molecular formula is C10H23N5O5Si. The molecule has 1 aromatic heterocycles. The van der Waals surface area contributed by atoms with Crippen LogP contribution in [0.25, 0.3) is 0 Å². The van der Waals surface area contributed by atoms with E-state index in [9.17, 15) is 5.11 Å². The van der Waals surface area contributed by atoms with Crippen LogP contribution in [0.4, 0.5) is 5.95 Å². The minimum Gasteiger partial charge on any atom is -0.389 e. The van der Waals surface area contributed by atoms with Gasteiger partial charge in [-0.25, -0.2) is 0 Å². The number of aromatic amines is 1. The van der Waals surface area contributed by atoms with Gasteiger partial charge in [0.05, 0.1) is 12.7 Å². The number of ether oxygens (including phenoxy) is 1. The third kappa shape index (κ3) is 6.45. The summed E-state index contributed by atoms with van der Waals surface area (Å²) in [5.74, 6) is 0.338.